The molecule has 0 aliphatic carbocycles. The molecule has 1 fully saturated rings. The van der Waals surface area contributed by atoms with Crippen molar-refractivity contribution in [2.45, 2.75) is 58.2 Å². The number of aliphatic hydroxyl groups excluding tert-OH is 2. The van der Waals surface area contributed by atoms with Gasteiger partial charge in [0.15, 0.2) is 5.82 Å². The van der Waals surface area contributed by atoms with Crippen LogP contribution in [-0.4, -0.2) is 55.8 Å². The summed E-state index contributed by atoms with van der Waals surface area (Å²) in [5.41, 5.74) is 4.88. The van der Waals surface area contributed by atoms with Gasteiger partial charge in [-0.1, -0.05) is 7.43 Å². The Hall–Kier alpha value is -2.25. The number of anilines is 1. The summed E-state index contributed by atoms with van der Waals surface area (Å²) in [6, 6.07) is 5.23. The molecule has 3 rings (SSSR count). The Morgan fingerprint density at radius 1 is 1.46 bits per heavy atom. The number of nitriles is 1. The first-order chi connectivity index (χ1) is 11.8. The molecule has 0 amide bonds. The largest absolute Gasteiger partial charge is 0.387 e. The number of aryl methyl sites for hydroxylation is 1. The Kier molecular flexibility index (Phi) is 5.53. The van der Waals surface area contributed by atoms with Crippen molar-refractivity contribution in [3.8, 4) is 6.07 Å². The molecule has 2 aromatic heterocycles. The van der Waals surface area contributed by atoms with Crippen molar-refractivity contribution in [2.75, 3.05) is 12.3 Å². The molecule has 0 radical (unpaired) electrons. The lowest BCUT2D eigenvalue weighted by Gasteiger charge is -2.24. The third kappa shape index (κ3) is 3.01. The molecule has 1 saturated heterocycles. The van der Waals surface area contributed by atoms with E-state index in [4.69, 9.17) is 15.2 Å². The first-order valence-corrected chi connectivity index (χ1v) is 7.99. The number of aromatic nitrogens is 3. The van der Waals surface area contributed by atoms with E-state index in [-0.39, 0.29) is 31.6 Å². The molecule has 0 saturated carbocycles. The molecule has 3 heterocycles. The van der Waals surface area contributed by atoms with Crippen LogP contribution >= 0.6 is 0 Å². The molecule has 0 unspecified atom stereocenters. The summed E-state index contributed by atoms with van der Waals surface area (Å²) in [6.45, 7) is 5.41. The van der Waals surface area contributed by atoms with Crippen LogP contribution in [0.3, 0.4) is 0 Å². The number of nitrogen functional groups attached to an aromatic ring is 1. The summed E-state index contributed by atoms with van der Waals surface area (Å²) < 4.78 is 12.7. The second kappa shape index (κ2) is 7.17. The van der Waals surface area contributed by atoms with Gasteiger partial charge in [0.05, 0.1) is 18.4 Å². The van der Waals surface area contributed by atoms with Gasteiger partial charge in [-0.15, -0.1) is 0 Å². The SMILES string of the molecule is C.Cc1nc(N)c2ccc([C@]3(C#N)O[C@H](COC(C)C)[C@@H](O)[C@H]3O)n2n1. The quantitative estimate of drug-likeness (QED) is 0.714. The van der Waals surface area contributed by atoms with E-state index >= 15 is 0 Å². The summed E-state index contributed by atoms with van der Waals surface area (Å²) in [4.78, 5) is 4.08. The minimum Gasteiger partial charge on any atom is -0.387 e. The van der Waals surface area contributed by atoms with E-state index in [0.717, 1.165) is 0 Å². The number of nitrogens with zero attached hydrogens (tertiary/aromatic N) is 4. The Labute approximate surface area is 152 Å². The average Bonchev–Trinajstić information content (AvgIpc) is 3.08. The van der Waals surface area contributed by atoms with E-state index < -0.39 is 23.9 Å². The van der Waals surface area contributed by atoms with Gasteiger partial charge in [-0.05, 0) is 32.9 Å². The fourth-order valence-electron chi connectivity index (χ4n) is 3.01. The maximum Gasteiger partial charge on any atom is 0.225 e. The van der Waals surface area contributed by atoms with Crippen LogP contribution in [0.15, 0.2) is 12.1 Å². The average molecular weight is 363 g/mol. The zero-order valence-corrected chi connectivity index (χ0v) is 14.2. The first-order valence-electron chi connectivity index (χ1n) is 7.99. The summed E-state index contributed by atoms with van der Waals surface area (Å²) >= 11 is 0. The third-order valence-corrected chi connectivity index (χ3v) is 4.24. The zero-order valence-electron chi connectivity index (χ0n) is 14.2. The lowest BCUT2D eigenvalue weighted by atomic mass is 9.92. The Morgan fingerprint density at radius 2 is 2.15 bits per heavy atom. The predicted octanol–water partition coefficient (Wildman–Crippen LogP) is 0.520. The molecule has 26 heavy (non-hydrogen) atoms. The second-order valence-electron chi connectivity index (χ2n) is 6.38. The van der Waals surface area contributed by atoms with Gasteiger partial charge in [-0.25, -0.2) is 9.50 Å². The van der Waals surface area contributed by atoms with Crippen LogP contribution in [0.25, 0.3) is 5.52 Å². The van der Waals surface area contributed by atoms with Crippen molar-refractivity contribution in [2.24, 2.45) is 0 Å². The highest BCUT2D eigenvalue weighted by Crippen LogP contribution is 2.40. The van der Waals surface area contributed by atoms with Gasteiger partial charge in [0.1, 0.15) is 35.7 Å². The molecule has 0 aromatic carbocycles. The van der Waals surface area contributed by atoms with Crippen molar-refractivity contribution in [3.05, 3.63) is 23.7 Å². The Bertz CT molecular complexity index is 830. The topological polar surface area (TPSA) is 139 Å². The number of rotatable bonds is 4. The van der Waals surface area contributed by atoms with Gasteiger partial charge in [-0.3, -0.25) is 0 Å². The Balaban J connectivity index is 0.00000243. The molecule has 9 nitrogen and oxygen atoms in total. The van der Waals surface area contributed by atoms with Gasteiger partial charge in [0.2, 0.25) is 5.60 Å². The van der Waals surface area contributed by atoms with Gasteiger partial charge in [0.25, 0.3) is 0 Å². The molecular weight excluding hydrogens is 338 g/mol. The molecule has 0 bridgehead atoms. The highest BCUT2D eigenvalue weighted by molar-refractivity contribution is 5.66. The molecule has 1 aliphatic heterocycles. The van der Waals surface area contributed by atoms with Crippen molar-refractivity contribution >= 4 is 11.3 Å². The number of hydrogen-bond donors (Lipinski definition) is 3. The lowest BCUT2D eigenvalue weighted by molar-refractivity contribution is -0.0846. The number of aliphatic hydroxyl groups is 2. The van der Waals surface area contributed by atoms with Gasteiger partial charge >= 0.3 is 0 Å². The lowest BCUT2D eigenvalue weighted by Crippen LogP contribution is -2.41. The molecule has 9 heteroatoms. The standard InChI is InChI=1S/C16H21N5O4.CH4/c1-8(2)24-6-11-13(22)14(23)16(7-17,25-11)12-5-4-10-15(18)19-9(3)20-21(10)12;/h4-5,8,11,13-14,22-23H,6H2,1-3H3,(H2,18,19,20);1H4/t11-,13-,14-,16+;/m1./s1. The van der Waals surface area contributed by atoms with Gasteiger partial charge in [0, 0.05) is 0 Å². The van der Waals surface area contributed by atoms with E-state index in [1.165, 1.54) is 4.52 Å². The molecule has 142 valence electrons. The van der Waals surface area contributed by atoms with Crippen LogP contribution < -0.4 is 5.73 Å². The minimum absolute atomic E-state index is 0. The molecule has 0 spiro atoms. The van der Waals surface area contributed by atoms with E-state index in [9.17, 15) is 15.5 Å². The van der Waals surface area contributed by atoms with Crippen molar-refractivity contribution in [3.63, 3.8) is 0 Å². The van der Waals surface area contributed by atoms with E-state index in [1.54, 1.807) is 19.1 Å². The summed E-state index contributed by atoms with van der Waals surface area (Å²) in [5, 5.41) is 35.0. The fourth-order valence-corrected chi connectivity index (χ4v) is 3.01. The van der Waals surface area contributed by atoms with Crippen LogP contribution in [0.5, 0.6) is 0 Å². The predicted molar refractivity (Wildman–Crippen MR) is 94.1 cm³/mol. The van der Waals surface area contributed by atoms with Crippen molar-refractivity contribution < 1.29 is 19.7 Å². The highest BCUT2D eigenvalue weighted by Gasteiger charge is 2.57. The Morgan fingerprint density at radius 3 is 2.77 bits per heavy atom. The summed E-state index contributed by atoms with van der Waals surface area (Å²) in [6.07, 6.45) is -3.66. The number of nitrogens with two attached hydrogens (primary N) is 1. The second-order valence-corrected chi connectivity index (χ2v) is 6.38. The normalized spacial score (nSPS) is 28.3. The highest BCUT2D eigenvalue weighted by atomic mass is 16.6. The minimum atomic E-state index is -1.79. The monoisotopic (exact) mass is 363 g/mol. The van der Waals surface area contributed by atoms with E-state index in [1.807, 2.05) is 19.9 Å². The summed E-state index contributed by atoms with van der Waals surface area (Å²) in [5.74, 6) is 0.655. The molecule has 1 aliphatic rings. The van der Waals surface area contributed by atoms with E-state index in [2.05, 4.69) is 10.1 Å². The third-order valence-electron chi connectivity index (χ3n) is 4.24. The number of ether oxygens (including phenoxy) is 2. The van der Waals surface area contributed by atoms with Crippen LogP contribution in [0.4, 0.5) is 5.82 Å². The van der Waals surface area contributed by atoms with Crippen molar-refractivity contribution in [1.82, 2.24) is 14.6 Å². The van der Waals surface area contributed by atoms with Crippen LogP contribution in [0.2, 0.25) is 0 Å². The molecular formula is C17H25N5O4. The van der Waals surface area contributed by atoms with Crippen LogP contribution in [0.1, 0.15) is 32.8 Å². The summed E-state index contributed by atoms with van der Waals surface area (Å²) in [7, 11) is 0. The van der Waals surface area contributed by atoms with E-state index in [0.29, 0.717) is 11.3 Å². The number of hydrogen-bond acceptors (Lipinski definition) is 8. The van der Waals surface area contributed by atoms with Gasteiger partial charge in [-0.2, -0.15) is 10.4 Å². The van der Waals surface area contributed by atoms with Crippen LogP contribution in [-0.2, 0) is 15.1 Å². The molecule has 4 atom stereocenters. The van der Waals surface area contributed by atoms with Crippen LogP contribution in [0, 0.1) is 18.3 Å². The van der Waals surface area contributed by atoms with Crippen molar-refractivity contribution in [1.29, 1.82) is 5.26 Å². The molecule has 4 N–H and O–H groups in total. The maximum absolute atomic E-state index is 10.6. The molecule has 2 aromatic rings. The zero-order chi connectivity index (χ0) is 18.4. The first kappa shape index (κ1) is 20.1. The smallest absolute Gasteiger partial charge is 0.225 e. The fraction of sp³-hybridized carbons (Fsp3) is 0.588. The van der Waals surface area contributed by atoms with Gasteiger partial charge < -0.3 is 25.4 Å². The number of fused-ring (bicyclic) bond motifs is 1. The maximum atomic E-state index is 10.6.